The summed E-state index contributed by atoms with van der Waals surface area (Å²) in [5, 5.41) is 10.8. The van der Waals surface area contributed by atoms with Crippen molar-refractivity contribution in [3.05, 3.63) is 55.5 Å². The fourth-order valence-electron chi connectivity index (χ4n) is 4.20. The third kappa shape index (κ3) is 3.31. The number of hydrogen-bond donors (Lipinski definition) is 2. The van der Waals surface area contributed by atoms with Gasteiger partial charge in [-0.3, -0.25) is 4.90 Å². The Morgan fingerprint density at radius 3 is 2.97 bits per heavy atom. The summed E-state index contributed by atoms with van der Waals surface area (Å²) < 4.78 is 4.33. The molecule has 1 aliphatic rings. The number of anilines is 1. The van der Waals surface area contributed by atoms with Gasteiger partial charge in [0.05, 0.1) is 11.7 Å². The smallest absolute Gasteiger partial charge is 0.146 e. The lowest BCUT2D eigenvalue weighted by Crippen LogP contribution is -2.25. The first-order chi connectivity index (χ1) is 14.2. The molecular weight excluding hydrogens is 366 g/mol. The zero-order chi connectivity index (χ0) is 19.8. The van der Waals surface area contributed by atoms with E-state index in [2.05, 4.69) is 35.2 Å². The molecule has 1 fully saturated rings. The van der Waals surface area contributed by atoms with Gasteiger partial charge in [-0.15, -0.1) is 0 Å². The predicted molar refractivity (Wildman–Crippen MR) is 111 cm³/mol. The van der Waals surface area contributed by atoms with Crippen LogP contribution in [0.25, 0.3) is 22.2 Å². The Morgan fingerprint density at radius 1 is 1.21 bits per heavy atom. The number of nitrogens with zero attached hydrogens (tertiary/aromatic N) is 6. The van der Waals surface area contributed by atoms with Crippen LogP contribution in [0.1, 0.15) is 12.5 Å². The van der Waals surface area contributed by atoms with Crippen LogP contribution in [0.3, 0.4) is 0 Å². The molecule has 0 aliphatic carbocycles. The number of phenols is 1. The van der Waals surface area contributed by atoms with Crippen molar-refractivity contribution >= 4 is 16.9 Å². The van der Waals surface area contributed by atoms with Crippen molar-refractivity contribution in [3.8, 4) is 16.9 Å². The van der Waals surface area contributed by atoms with E-state index in [0.717, 1.165) is 54.8 Å². The number of rotatable bonds is 5. The standard InChI is InChI=1S/C21H23N7O/c22-20-19-18(15-2-1-3-17(29)10-15)12-28(21(19)25-13-24-20)16-4-6-26(11-16)8-9-27-7-5-23-14-27/h1-3,5,7,10,12-14,16,29H,4,6,8-9,11H2,(H2,22,24,25). The van der Waals surface area contributed by atoms with Gasteiger partial charge in [0.25, 0.3) is 0 Å². The maximum absolute atomic E-state index is 9.92. The third-order valence-corrected chi connectivity index (χ3v) is 5.67. The highest BCUT2D eigenvalue weighted by Gasteiger charge is 2.27. The number of nitrogens with two attached hydrogens (primary N) is 1. The summed E-state index contributed by atoms with van der Waals surface area (Å²) in [5.41, 5.74) is 8.93. The molecule has 8 heteroatoms. The van der Waals surface area contributed by atoms with E-state index >= 15 is 0 Å². The molecule has 0 bridgehead atoms. The molecule has 1 atom stereocenters. The summed E-state index contributed by atoms with van der Waals surface area (Å²) in [7, 11) is 0. The summed E-state index contributed by atoms with van der Waals surface area (Å²) in [5.74, 6) is 0.687. The second-order valence-electron chi connectivity index (χ2n) is 7.50. The van der Waals surface area contributed by atoms with Crippen molar-refractivity contribution in [2.75, 3.05) is 25.4 Å². The Bertz CT molecular complexity index is 1140. The lowest BCUT2D eigenvalue weighted by Gasteiger charge is -2.17. The van der Waals surface area contributed by atoms with Crippen LogP contribution in [0.2, 0.25) is 0 Å². The number of likely N-dealkylation sites (tertiary alicyclic amines) is 1. The first-order valence-electron chi connectivity index (χ1n) is 9.77. The molecule has 0 radical (unpaired) electrons. The summed E-state index contributed by atoms with van der Waals surface area (Å²) in [4.78, 5) is 15.3. The molecule has 3 aromatic heterocycles. The molecule has 5 rings (SSSR count). The number of phenolic OH excluding ortho intramolecular Hbond substituents is 1. The molecular formula is C21H23N7O. The van der Waals surface area contributed by atoms with E-state index in [0.29, 0.717) is 11.9 Å². The van der Waals surface area contributed by atoms with Crippen molar-refractivity contribution in [1.29, 1.82) is 0 Å². The number of imidazole rings is 1. The average molecular weight is 389 g/mol. The molecule has 29 heavy (non-hydrogen) atoms. The molecule has 1 aromatic carbocycles. The van der Waals surface area contributed by atoms with E-state index in [4.69, 9.17) is 5.73 Å². The van der Waals surface area contributed by atoms with Crippen molar-refractivity contribution in [2.24, 2.45) is 0 Å². The van der Waals surface area contributed by atoms with Crippen LogP contribution in [0, 0.1) is 0 Å². The van der Waals surface area contributed by atoms with Gasteiger partial charge in [0.15, 0.2) is 0 Å². The van der Waals surface area contributed by atoms with E-state index < -0.39 is 0 Å². The number of aromatic nitrogens is 5. The molecule has 1 saturated heterocycles. The van der Waals surface area contributed by atoms with E-state index in [9.17, 15) is 5.11 Å². The summed E-state index contributed by atoms with van der Waals surface area (Å²) in [6, 6.07) is 7.54. The van der Waals surface area contributed by atoms with Gasteiger partial charge in [-0.2, -0.15) is 0 Å². The van der Waals surface area contributed by atoms with Crippen LogP contribution in [0.15, 0.2) is 55.5 Å². The molecule has 1 aliphatic heterocycles. The lowest BCUT2D eigenvalue weighted by atomic mass is 10.1. The zero-order valence-corrected chi connectivity index (χ0v) is 16.0. The number of fused-ring (bicyclic) bond motifs is 1. The van der Waals surface area contributed by atoms with E-state index in [1.807, 2.05) is 30.9 Å². The fourth-order valence-corrected chi connectivity index (χ4v) is 4.20. The first kappa shape index (κ1) is 17.7. The average Bonchev–Trinajstić information content (AvgIpc) is 3.46. The molecule has 0 spiro atoms. The second-order valence-corrected chi connectivity index (χ2v) is 7.50. The predicted octanol–water partition coefficient (Wildman–Crippen LogP) is 2.53. The van der Waals surface area contributed by atoms with E-state index in [1.54, 1.807) is 12.1 Å². The lowest BCUT2D eigenvalue weighted by molar-refractivity contribution is 0.310. The van der Waals surface area contributed by atoms with Crippen molar-refractivity contribution < 1.29 is 5.11 Å². The fraction of sp³-hybridized carbons (Fsp3) is 0.286. The van der Waals surface area contributed by atoms with Gasteiger partial charge < -0.3 is 20.0 Å². The van der Waals surface area contributed by atoms with E-state index in [1.165, 1.54) is 6.33 Å². The largest absolute Gasteiger partial charge is 0.508 e. The van der Waals surface area contributed by atoms with Gasteiger partial charge in [0.1, 0.15) is 23.5 Å². The molecule has 0 amide bonds. The molecule has 3 N–H and O–H groups in total. The molecule has 148 valence electrons. The topological polar surface area (TPSA) is 98.0 Å². The molecule has 1 unspecified atom stereocenters. The quantitative estimate of drug-likeness (QED) is 0.544. The minimum Gasteiger partial charge on any atom is -0.508 e. The molecule has 0 saturated carbocycles. The van der Waals surface area contributed by atoms with Crippen LogP contribution in [-0.4, -0.2) is 53.7 Å². The highest BCUT2D eigenvalue weighted by Crippen LogP contribution is 2.37. The number of nitrogen functional groups attached to an aromatic ring is 1. The van der Waals surface area contributed by atoms with Gasteiger partial charge >= 0.3 is 0 Å². The van der Waals surface area contributed by atoms with Gasteiger partial charge in [0.2, 0.25) is 0 Å². The second kappa shape index (κ2) is 7.21. The Hall–Kier alpha value is -3.39. The summed E-state index contributed by atoms with van der Waals surface area (Å²) >= 11 is 0. The van der Waals surface area contributed by atoms with E-state index in [-0.39, 0.29) is 5.75 Å². The maximum Gasteiger partial charge on any atom is 0.146 e. The Balaban J connectivity index is 1.45. The highest BCUT2D eigenvalue weighted by molar-refractivity contribution is 6.00. The van der Waals surface area contributed by atoms with Gasteiger partial charge in [0, 0.05) is 56.4 Å². The number of benzene rings is 1. The molecule has 8 nitrogen and oxygen atoms in total. The van der Waals surface area contributed by atoms with Crippen LogP contribution in [0.5, 0.6) is 5.75 Å². The van der Waals surface area contributed by atoms with Gasteiger partial charge in [-0.1, -0.05) is 12.1 Å². The zero-order valence-electron chi connectivity index (χ0n) is 16.0. The Morgan fingerprint density at radius 2 is 2.14 bits per heavy atom. The van der Waals surface area contributed by atoms with Gasteiger partial charge in [-0.25, -0.2) is 15.0 Å². The monoisotopic (exact) mass is 389 g/mol. The molecule has 4 heterocycles. The first-order valence-corrected chi connectivity index (χ1v) is 9.77. The van der Waals surface area contributed by atoms with Crippen molar-refractivity contribution in [3.63, 3.8) is 0 Å². The third-order valence-electron chi connectivity index (χ3n) is 5.67. The molecule has 4 aromatic rings. The maximum atomic E-state index is 9.92. The summed E-state index contributed by atoms with van der Waals surface area (Å²) in [6.45, 7) is 3.92. The van der Waals surface area contributed by atoms with Gasteiger partial charge in [-0.05, 0) is 24.1 Å². The highest BCUT2D eigenvalue weighted by atomic mass is 16.3. The number of aromatic hydroxyl groups is 1. The van der Waals surface area contributed by atoms with Crippen LogP contribution >= 0.6 is 0 Å². The minimum absolute atomic E-state index is 0.227. The van der Waals surface area contributed by atoms with Crippen LogP contribution in [-0.2, 0) is 6.54 Å². The van der Waals surface area contributed by atoms with Crippen molar-refractivity contribution in [2.45, 2.75) is 19.0 Å². The Kier molecular flexibility index (Phi) is 4.40. The normalized spacial score (nSPS) is 17.3. The van der Waals surface area contributed by atoms with Crippen molar-refractivity contribution in [1.82, 2.24) is 29.0 Å². The minimum atomic E-state index is 0.227. The SMILES string of the molecule is Nc1ncnc2c1c(-c1cccc(O)c1)cn2C1CCN(CCn2ccnc2)C1. The van der Waals surface area contributed by atoms with Crippen LogP contribution < -0.4 is 5.73 Å². The Labute approximate surface area is 168 Å². The number of hydrogen-bond acceptors (Lipinski definition) is 6. The summed E-state index contributed by atoms with van der Waals surface area (Å²) in [6.07, 6.45) is 10.3. The van der Waals surface area contributed by atoms with Crippen LogP contribution in [0.4, 0.5) is 5.82 Å².